The second-order valence-corrected chi connectivity index (χ2v) is 6.29. The van der Waals surface area contributed by atoms with Crippen LogP contribution in [0.4, 0.5) is 5.69 Å². The van der Waals surface area contributed by atoms with Crippen LogP contribution in [0.15, 0.2) is 24.3 Å². The van der Waals surface area contributed by atoms with E-state index in [4.69, 9.17) is 46.4 Å². The van der Waals surface area contributed by atoms with Crippen LogP contribution in [-0.2, 0) is 0 Å². The average Bonchev–Trinajstić information content (AvgIpc) is 2.39. The Morgan fingerprint density at radius 3 is 2.43 bits per heavy atom. The second-order valence-electron chi connectivity index (χ2n) is 4.70. The molecule has 2 nitrogen and oxygen atoms in total. The van der Waals surface area contributed by atoms with Gasteiger partial charge in [0.1, 0.15) is 5.15 Å². The summed E-state index contributed by atoms with van der Waals surface area (Å²) in [6.07, 6.45) is 0.833. The zero-order chi connectivity index (χ0) is 15.6. The molecule has 6 heteroatoms. The molecule has 112 valence electrons. The highest BCUT2D eigenvalue weighted by Gasteiger charge is 2.16. The van der Waals surface area contributed by atoms with Crippen LogP contribution < -0.4 is 5.32 Å². The molecule has 2 rings (SSSR count). The van der Waals surface area contributed by atoms with E-state index in [1.165, 1.54) is 0 Å². The third kappa shape index (κ3) is 3.95. The summed E-state index contributed by atoms with van der Waals surface area (Å²) in [5.41, 5.74) is 2.66. The van der Waals surface area contributed by atoms with Gasteiger partial charge in [-0.15, -0.1) is 0 Å². The first-order valence-electron chi connectivity index (χ1n) is 6.46. The Balaban J connectivity index is 2.36. The quantitative estimate of drug-likeness (QED) is 0.621. The zero-order valence-electron chi connectivity index (χ0n) is 11.6. The molecule has 1 aromatic carbocycles. The van der Waals surface area contributed by atoms with Gasteiger partial charge in [0.25, 0.3) is 0 Å². The smallest absolute Gasteiger partial charge is 0.154 e. The molecule has 1 N–H and O–H groups in total. The molecular formula is C15H14Cl4N2. The molecule has 0 amide bonds. The number of aryl methyl sites for hydroxylation is 1. The average molecular weight is 364 g/mol. The first kappa shape index (κ1) is 16.7. The minimum atomic E-state index is 0.00828. The van der Waals surface area contributed by atoms with Crippen molar-refractivity contribution in [3.05, 3.63) is 55.7 Å². The van der Waals surface area contributed by atoms with E-state index in [-0.39, 0.29) is 6.04 Å². The molecule has 0 saturated carbocycles. The van der Waals surface area contributed by atoms with Crippen molar-refractivity contribution in [1.82, 2.24) is 4.98 Å². The zero-order valence-corrected chi connectivity index (χ0v) is 14.6. The maximum atomic E-state index is 6.28. The Kier molecular flexibility index (Phi) is 5.61. The maximum Gasteiger partial charge on any atom is 0.154 e. The molecule has 0 aliphatic heterocycles. The highest BCUT2D eigenvalue weighted by molar-refractivity contribution is 6.35. The van der Waals surface area contributed by atoms with Gasteiger partial charge in [-0.3, -0.25) is 0 Å². The lowest BCUT2D eigenvalue weighted by atomic mass is 10.0. The Hall–Kier alpha value is -0.670. The van der Waals surface area contributed by atoms with Gasteiger partial charge in [0, 0.05) is 10.0 Å². The lowest BCUT2D eigenvalue weighted by Gasteiger charge is -2.22. The molecule has 0 spiro atoms. The highest BCUT2D eigenvalue weighted by atomic mass is 35.5. The molecule has 0 aliphatic carbocycles. The summed E-state index contributed by atoms with van der Waals surface area (Å²) in [5, 5.41) is 5.35. The van der Waals surface area contributed by atoms with Crippen LogP contribution in [0.25, 0.3) is 0 Å². The summed E-state index contributed by atoms with van der Waals surface area (Å²) in [5.74, 6) is 0. The number of rotatable bonds is 4. The van der Waals surface area contributed by atoms with Crippen LogP contribution in [-0.4, -0.2) is 4.98 Å². The van der Waals surface area contributed by atoms with Gasteiger partial charge in [0.05, 0.1) is 11.7 Å². The van der Waals surface area contributed by atoms with Crippen molar-refractivity contribution in [3.63, 3.8) is 0 Å². The Morgan fingerprint density at radius 1 is 1.14 bits per heavy atom. The van der Waals surface area contributed by atoms with E-state index in [1.54, 1.807) is 12.1 Å². The highest BCUT2D eigenvalue weighted by Crippen LogP contribution is 2.34. The lowest BCUT2D eigenvalue weighted by molar-refractivity contribution is 0.748. The summed E-state index contributed by atoms with van der Waals surface area (Å²) < 4.78 is 0. The maximum absolute atomic E-state index is 6.28. The van der Waals surface area contributed by atoms with Crippen molar-refractivity contribution in [2.45, 2.75) is 26.3 Å². The van der Waals surface area contributed by atoms with Crippen molar-refractivity contribution in [2.75, 3.05) is 5.32 Å². The predicted molar refractivity (Wildman–Crippen MR) is 92.1 cm³/mol. The van der Waals surface area contributed by atoms with Gasteiger partial charge in [0.2, 0.25) is 0 Å². The number of aromatic nitrogens is 1. The number of nitrogens with one attached hydrogen (secondary N) is 1. The number of anilines is 1. The van der Waals surface area contributed by atoms with Gasteiger partial charge in [-0.05, 0) is 42.7 Å². The molecule has 1 atom stereocenters. The van der Waals surface area contributed by atoms with Crippen molar-refractivity contribution >= 4 is 52.1 Å². The summed E-state index contributed by atoms with van der Waals surface area (Å²) in [4.78, 5) is 4.07. The minimum Gasteiger partial charge on any atom is -0.375 e. The molecule has 0 bridgehead atoms. The van der Waals surface area contributed by atoms with Crippen molar-refractivity contribution < 1.29 is 0 Å². The van der Waals surface area contributed by atoms with E-state index in [1.807, 2.05) is 19.1 Å². The topological polar surface area (TPSA) is 24.9 Å². The Morgan fingerprint density at radius 2 is 1.86 bits per heavy atom. The molecule has 0 radical (unpaired) electrons. The second kappa shape index (κ2) is 7.06. The first-order chi connectivity index (χ1) is 9.92. The largest absolute Gasteiger partial charge is 0.375 e. The molecule has 0 fully saturated rings. The van der Waals surface area contributed by atoms with Gasteiger partial charge in [0.15, 0.2) is 5.15 Å². The van der Waals surface area contributed by atoms with Crippen LogP contribution in [0.3, 0.4) is 0 Å². The number of hydrogen-bond acceptors (Lipinski definition) is 2. The van der Waals surface area contributed by atoms with E-state index in [2.05, 4.69) is 17.2 Å². The molecule has 1 unspecified atom stereocenters. The van der Waals surface area contributed by atoms with Gasteiger partial charge < -0.3 is 5.32 Å². The number of nitrogens with zero attached hydrogens (tertiary/aromatic N) is 1. The summed E-state index contributed by atoms with van der Waals surface area (Å²) in [7, 11) is 0. The summed E-state index contributed by atoms with van der Waals surface area (Å²) in [6.45, 7) is 3.99. The van der Waals surface area contributed by atoms with Gasteiger partial charge in [-0.25, -0.2) is 4.98 Å². The summed E-state index contributed by atoms with van der Waals surface area (Å²) in [6, 6.07) is 7.25. The summed E-state index contributed by atoms with van der Waals surface area (Å²) >= 11 is 24.3. The standard InChI is InChI=1S/C15H14Cl4N2/c1-3-12(10-5-4-9(16)7-11(10)17)20-14-8(2)6-13(18)21-15(14)19/h4-7,12,20H,3H2,1-2H3. The van der Waals surface area contributed by atoms with Gasteiger partial charge in [-0.2, -0.15) is 0 Å². The molecular weight excluding hydrogens is 350 g/mol. The van der Waals surface area contributed by atoms with E-state index in [0.29, 0.717) is 20.4 Å². The van der Waals surface area contributed by atoms with Gasteiger partial charge >= 0.3 is 0 Å². The minimum absolute atomic E-state index is 0.00828. The molecule has 21 heavy (non-hydrogen) atoms. The molecule has 1 aromatic heterocycles. The number of halogens is 4. The van der Waals surface area contributed by atoms with Crippen molar-refractivity contribution in [1.29, 1.82) is 0 Å². The van der Waals surface area contributed by atoms with Gasteiger partial charge in [-0.1, -0.05) is 59.4 Å². The first-order valence-corrected chi connectivity index (χ1v) is 7.97. The monoisotopic (exact) mass is 362 g/mol. The van der Waals surface area contributed by atoms with Crippen LogP contribution in [0.1, 0.15) is 30.5 Å². The van der Waals surface area contributed by atoms with Crippen LogP contribution >= 0.6 is 46.4 Å². The Labute approximate surface area is 144 Å². The molecule has 0 aliphatic rings. The van der Waals surface area contributed by atoms with E-state index >= 15 is 0 Å². The fourth-order valence-electron chi connectivity index (χ4n) is 2.13. The lowest BCUT2D eigenvalue weighted by Crippen LogP contribution is -2.12. The molecule has 1 heterocycles. The fraction of sp³-hybridized carbons (Fsp3) is 0.267. The Bertz CT molecular complexity index is 635. The van der Waals surface area contributed by atoms with Crippen molar-refractivity contribution in [2.24, 2.45) is 0 Å². The SMILES string of the molecule is CCC(Nc1c(C)cc(Cl)nc1Cl)c1ccc(Cl)cc1Cl. The van der Waals surface area contributed by atoms with Crippen molar-refractivity contribution in [3.8, 4) is 0 Å². The van der Waals surface area contributed by atoms with E-state index in [0.717, 1.165) is 23.2 Å². The third-order valence-electron chi connectivity index (χ3n) is 3.21. The number of hydrogen-bond donors (Lipinski definition) is 1. The number of benzene rings is 1. The van der Waals surface area contributed by atoms with Crippen LogP contribution in [0.2, 0.25) is 20.4 Å². The number of pyridine rings is 1. The predicted octanol–water partition coefficient (Wildman–Crippen LogP) is 6.57. The molecule has 2 aromatic rings. The van der Waals surface area contributed by atoms with Crippen LogP contribution in [0, 0.1) is 6.92 Å². The van der Waals surface area contributed by atoms with E-state index < -0.39 is 0 Å². The van der Waals surface area contributed by atoms with E-state index in [9.17, 15) is 0 Å². The normalized spacial score (nSPS) is 12.3. The molecule has 0 saturated heterocycles. The fourth-order valence-corrected chi connectivity index (χ4v) is 3.25. The third-order valence-corrected chi connectivity index (χ3v) is 4.24. The van der Waals surface area contributed by atoms with Crippen LogP contribution in [0.5, 0.6) is 0 Å².